The quantitative estimate of drug-likeness (QED) is 0.830. The van der Waals surface area contributed by atoms with Gasteiger partial charge >= 0.3 is 0 Å². The van der Waals surface area contributed by atoms with Crippen LogP contribution in [0.5, 0.6) is 0 Å². The van der Waals surface area contributed by atoms with Crippen LogP contribution in [0.3, 0.4) is 0 Å². The van der Waals surface area contributed by atoms with Crippen LogP contribution in [0.1, 0.15) is 0 Å². The minimum absolute atomic E-state index is 0.0362. The van der Waals surface area contributed by atoms with Crippen molar-refractivity contribution in [1.29, 1.82) is 0 Å². The highest BCUT2D eigenvalue weighted by Gasteiger charge is 2.22. The molecule has 1 unspecified atom stereocenters. The molecule has 2 aromatic rings. The maximum absolute atomic E-state index is 14.0. The molecule has 2 nitrogen and oxygen atoms in total. The molecule has 1 saturated heterocycles. The van der Waals surface area contributed by atoms with Gasteiger partial charge in [-0.3, -0.25) is 0 Å². The van der Waals surface area contributed by atoms with Crippen molar-refractivity contribution in [3.8, 4) is 11.1 Å². The Morgan fingerprint density at radius 3 is 2.64 bits per heavy atom. The number of halogens is 2. The Balaban J connectivity index is 1.95. The highest BCUT2D eigenvalue weighted by Crippen LogP contribution is 2.24. The number of hydrogen-bond donors (Lipinski definition) is 2. The monoisotopic (exact) mass is 298 g/mol. The molecule has 0 radical (unpaired) electrons. The topological polar surface area (TPSA) is 24.1 Å². The molecule has 0 aromatic heterocycles. The number of fused-ring (bicyclic) bond motifs is 2. The normalized spacial score (nSPS) is 19.7. The Morgan fingerprint density at radius 2 is 1.82 bits per heavy atom. The first kappa shape index (κ1) is 13.5. The molecule has 2 aromatic carbocycles. The van der Waals surface area contributed by atoms with Crippen molar-refractivity contribution < 1.29 is 8.78 Å². The Kier molecular flexibility index (Phi) is 3.19. The lowest BCUT2D eigenvalue weighted by Gasteiger charge is -2.08. The maximum atomic E-state index is 14.0. The van der Waals surface area contributed by atoms with Gasteiger partial charge in [-0.1, -0.05) is 18.2 Å². The smallest absolute Gasteiger partial charge is 0.133 e. The molecule has 0 amide bonds. The van der Waals surface area contributed by atoms with Gasteiger partial charge in [-0.25, -0.2) is 8.78 Å². The van der Waals surface area contributed by atoms with Crippen LogP contribution >= 0.6 is 0 Å². The maximum Gasteiger partial charge on any atom is 0.133 e. The first-order valence-corrected chi connectivity index (χ1v) is 7.46. The van der Waals surface area contributed by atoms with Crippen LogP contribution < -0.4 is 21.1 Å². The van der Waals surface area contributed by atoms with E-state index in [4.69, 9.17) is 0 Å². The molecule has 2 heterocycles. The van der Waals surface area contributed by atoms with Crippen molar-refractivity contribution in [3.63, 3.8) is 0 Å². The van der Waals surface area contributed by atoms with Crippen LogP contribution in [0, 0.1) is 17.6 Å². The third-order valence-corrected chi connectivity index (χ3v) is 4.47. The Morgan fingerprint density at radius 1 is 1.00 bits per heavy atom. The number of benzene rings is 2. The van der Waals surface area contributed by atoms with Gasteiger partial charge in [0.05, 0.1) is 5.56 Å². The fourth-order valence-corrected chi connectivity index (χ4v) is 3.37. The van der Waals surface area contributed by atoms with Crippen LogP contribution in [-0.4, -0.2) is 19.6 Å². The molecule has 22 heavy (non-hydrogen) atoms. The first-order chi connectivity index (χ1) is 10.7. The highest BCUT2D eigenvalue weighted by molar-refractivity contribution is 5.66. The Labute approximate surface area is 127 Å². The van der Waals surface area contributed by atoms with Crippen molar-refractivity contribution >= 4 is 11.8 Å². The van der Waals surface area contributed by atoms with Gasteiger partial charge in [-0.05, 0) is 39.8 Å². The Bertz CT molecular complexity index is 838. The molecular weight excluding hydrogens is 282 g/mol. The van der Waals surface area contributed by atoms with Crippen LogP contribution in [0.25, 0.3) is 22.9 Å². The summed E-state index contributed by atoms with van der Waals surface area (Å²) in [6.07, 6.45) is 1.95. The van der Waals surface area contributed by atoms with Crippen LogP contribution in [0.15, 0.2) is 36.4 Å². The molecule has 1 fully saturated rings. The van der Waals surface area contributed by atoms with E-state index < -0.39 is 11.6 Å². The van der Waals surface area contributed by atoms with Gasteiger partial charge in [0, 0.05) is 31.8 Å². The third-order valence-electron chi connectivity index (χ3n) is 4.47. The molecule has 0 saturated carbocycles. The summed E-state index contributed by atoms with van der Waals surface area (Å²) in [5.41, 5.74) is 1.98. The van der Waals surface area contributed by atoms with Gasteiger partial charge in [0.1, 0.15) is 11.6 Å². The summed E-state index contributed by atoms with van der Waals surface area (Å²) in [4.78, 5) is 0. The van der Waals surface area contributed by atoms with Crippen LogP contribution in [-0.2, 0) is 0 Å². The molecule has 2 N–H and O–H groups in total. The van der Waals surface area contributed by atoms with E-state index in [0.29, 0.717) is 11.5 Å². The predicted octanol–water partition coefficient (Wildman–Crippen LogP) is 1.34. The summed E-state index contributed by atoms with van der Waals surface area (Å²) >= 11 is 0. The largest absolute Gasteiger partial charge is 0.390 e. The van der Waals surface area contributed by atoms with Crippen molar-refractivity contribution in [2.24, 2.45) is 5.92 Å². The molecule has 4 heteroatoms. The fraction of sp³-hybridized carbons (Fsp3) is 0.222. The molecule has 2 aliphatic heterocycles. The molecule has 1 atom stereocenters. The Hall–Kier alpha value is -2.20. The number of nitrogens with one attached hydrogen (secondary N) is 2. The zero-order chi connectivity index (χ0) is 15.1. The third kappa shape index (κ3) is 2.11. The molecule has 2 aliphatic rings. The van der Waals surface area contributed by atoms with Crippen molar-refractivity contribution in [1.82, 2.24) is 10.6 Å². The second-order valence-corrected chi connectivity index (χ2v) is 5.80. The van der Waals surface area contributed by atoms with E-state index in [1.165, 1.54) is 29.0 Å². The standard InChI is InChI=1S/C18H16F2N2/c19-16-2-1-3-17(20)18(16)11-4-5-14-12(6-11)7-21-8-13-9-22-10-15(13)14/h1-7,13,21-22H,8-10H2. The van der Waals surface area contributed by atoms with Gasteiger partial charge in [-0.15, -0.1) is 0 Å². The fourth-order valence-electron chi connectivity index (χ4n) is 3.37. The van der Waals surface area contributed by atoms with E-state index in [-0.39, 0.29) is 5.56 Å². The van der Waals surface area contributed by atoms with E-state index in [9.17, 15) is 8.78 Å². The number of hydrogen-bond acceptors (Lipinski definition) is 2. The zero-order valence-electron chi connectivity index (χ0n) is 12.0. The molecule has 0 aliphatic carbocycles. The first-order valence-electron chi connectivity index (χ1n) is 7.46. The number of rotatable bonds is 1. The second kappa shape index (κ2) is 5.21. The van der Waals surface area contributed by atoms with Crippen molar-refractivity contribution in [3.05, 3.63) is 58.5 Å². The van der Waals surface area contributed by atoms with Gasteiger partial charge in [0.2, 0.25) is 0 Å². The summed E-state index contributed by atoms with van der Waals surface area (Å²) < 4.78 is 28.0. The van der Waals surface area contributed by atoms with Crippen LogP contribution in [0.2, 0.25) is 0 Å². The van der Waals surface area contributed by atoms with Gasteiger partial charge < -0.3 is 10.6 Å². The van der Waals surface area contributed by atoms with Gasteiger partial charge in [0.25, 0.3) is 0 Å². The molecule has 4 rings (SSSR count). The minimum atomic E-state index is -0.533. The lowest BCUT2D eigenvalue weighted by Crippen LogP contribution is -2.28. The summed E-state index contributed by atoms with van der Waals surface area (Å²) in [6, 6.07) is 9.61. The average molecular weight is 298 g/mol. The molecular formula is C18H16F2N2. The lowest BCUT2D eigenvalue weighted by atomic mass is 9.97. The zero-order valence-corrected chi connectivity index (χ0v) is 12.0. The second-order valence-electron chi connectivity index (χ2n) is 5.80. The summed E-state index contributed by atoms with van der Waals surface area (Å²) in [5.74, 6) is -0.585. The van der Waals surface area contributed by atoms with Crippen molar-refractivity contribution in [2.45, 2.75) is 0 Å². The summed E-state index contributed by atoms with van der Waals surface area (Å²) in [7, 11) is 0. The van der Waals surface area contributed by atoms with E-state index in [2.05, 4.69) is 10.6 Å². The predicted molar refractivity (Wildman–Crippen MR) is 83.3 cm³/mol. The molecule has 112 valence electrons. The van der Waals surface area contributed by atoms with Gasteiger partial charge in [-0.2, -0.15) is 0 Å². The minimum Gasteiger partial charge on any atom is -0.390 e. The molecule has 0 spiro atoms. The van der Waals surface area contributed by atoms with Gasteiger partial charge in [0.15, 0.2) is 0 Å². The van der Waals surface area contributed by atoms with Crippen molar-refractivity contribution in [2.75, 3.05) is 19.6 Å². The van der Waals surface area contributed by atoms with E-state index in [0.717, 1.165) is 24.9 Å². The van der Waals surface area contributed by atoms with E-state index in [1.54, 1.807) is 0 Å². The highest BCUT2D eigenvalue weighted by atomic mass is 19.1. The lowest BCUT2D eigenvalue weighted by molar-refractivity contribution is 0.589. The molecule has 0 bridgehead atoms. The van der Waals surface area contributed by atoms with E-state index >= 15 is 0 Å². The summed E-state index contributed by atoms with van der Waals surface area (Å²) in [5, 5.41) is 8.85. The average Bonchev–Trinajstić information content (AvgIpc) is 2.89. The van der Waals surface area contributed by atoms with Crippen LogP contribution in [0.4, 0.5) is 8.78 Å². The SMILES string of the molecule is Fc1cccc(F)c1-c1ccc2c(c1)=CNCC1CNCC=21. The summed E-state index contributed by atoms with van der Waals surface area (Å²) in [6.45, 7) is 2.74. The van der Waals surface area contributed by atoms with E-state index in [1.807, 2.05) is 24.4 Å².